The summed E-state index contributed by atoms with van der Waals surface area (Å²) in [5, 5.41) is 3.75. The molecule has 1 N–H and O–H groups in total. The van der Waals surface area contributed by atoms with Crippen LogP contribution in [0.15, 0.2) is 18.2 Å². The van der Waals surface area contributed by atoms with Gasteiger partial charge in [-0.2, -0.15) is 0 Å². The maximum absolute atomic E-state index is 12.5. The summed E-state index contributed by atoms with van der Waals surface area (Å²) in [6, 6.07) is 5.09. The molecule has 1 aromatic rings. The molecular formula is C16H19Cl2N3O3. The van der Waals surface area contributed by atoms with Gasteiger partial charge < -0.3 is 15.1 Å². The van der Waals surface area contributed by atoms with Crippen LogP contribution < -0.4 is 5.32 Å². The zero-order chi connectivity index (χ0) is 17.9. The van der Waals surface area contributed by atoms with Crippen molar-refractivity contribution in [3.05, 3.63) is 33.8 Å². The standard InChI is InChI=1S/C16H19Cl2N3O3/c1-19-5-6-21-9-11(14(22)16(21)24)15(23)20(2)8-10-3-4-12(17)13(18)7-10/h3-4,7,11,19H,5-6,8-9H2,1-2H3. The fourth-order valence-electron chi connectivity index (χ4n) is 2.58. The monoisotopic (exact) mass is 371 g/mol. The number of hydrogen-bond acceptors (Lipinski definition) is 4. The number of benzene rings is 1. The molecule has 2 rings (SSSR count). The van der Waals surface area contributed by atoms with Gasteiger partial charge in [0, 0.05) is 33.2 Å². The van der Waals surface area contributed by atoms with E-state index in [9.17, 15) is 14.4 Å². The second-order valence-electron chi connectivity index (χ2n) is 5.71. The molecule has 1 fully saturated rings. The third kappa shape index (κ3) is 4.06. The van der Waals surface area contributed by atoms with Crippen LogP contribution in [0.25, 0.3) is 0 Å². The number of likely N-dealkylation sites (tertiary alicyclic amines) is 1. The highest BCUT2D eigenvalue weighted by atomic mass is 35.5. The molecule has 0 bridgehead atoms. The number of ketones is 1. The van der Waals surface area contributed by atoms with Gasteiger partial charge in [0.05, 0.1) is 10.0 Å². The number of carbonyl (C=O) groups is 3. The highest BCUT2D eigenvalue weighted by molar-refractivity contribution is 6.42. The lowest BCUT2D eigenvalue weighted by Gasteiger charge is -2.21. The van der Waals surface area contributed by atoms with E-state index in [1.54, 1.807) is 32.3 Å². The summed E-state index contributed by atoms with van der Waals surface area (Å²) in [6.07, 6.45) is 0. The summed E-state index contributed by atoms with van der Waals surface area (Å²) in [7, 11) is 3.36. The van der Waals surface area contributed by atoms with Crippen LogP contribution >= 0.6 is 23.2 Å². The van der Waals surface area contributed by atoms with Gasteiger partial charge in [0.25, 0.3) is 5.91 Å². The number of Topliss-reactive ketones (excluding diaryl/α,β-unsaturated/α-hetero) is 1. The van der Waals surface area contributed by atoms with Crippen LogP contribution in [0.3, 0.4) is 0 Å². The Morgan fingerprint density at radius 1 is 1.33 bits per heavy atom. The lowest BCUT2D eigenvalue weighted by molar-refractivity contribution is -0.144. The third-order valence-electron chi connectivity index (χ3n) is 3.93. The van der Waals surface area contributed by atoms with Crippen molar-refractivity contribution in [2.45, 2.75) is 6.54 Å². The van der Waals surface area contributed by atoms with Gasteiger partial charge in [0.2, 0.25) is 11.7 Å². The topological polar surface area (TPSA) is 69.7 Å². The van der Waals surface area contributed by atoms with Crippen LogP contribution in [0.5, 0.6) is 0 Å². The van der Waals surface area contributed by atoms with E-state index in [0.29, 0.717) is 23.1 Å². The first-order valence-electron chi connectivity index (χ1n) is 7.51. The Bertz CT molecular complexity index is 666. The van der Waals surface area contributed by atoms with Crippen molar-refractivity contribution in [2.75, 3.05) is 33.7 Å². The molecule has 1 aliphatic rings. The SMILES string of the molecule is CNCCN1CC(C(=O)N(C)Cc2ccc(Cl)c(Cl)c2)C(=O)C1=O. The first-order valence-corrected chi connectivity index (χ1v) is 8.27. The molecule has 1 aliphatic heterocycles. The molecule has 0 aromatic heterocycles. The molecular weight excluding hydrogens is 353 g/mol. The summed E-state index contributed by atoms with van der Waals surface area (Å²) >= 11 is 11.8. The van der Waals surface area contributed by atoms with Crippen LogP contribution in [0, 0.1) is 5.92 Å². The molecule has 6 nitrogen and oxygen atoms in total. The molecule has 0 aliphatic carbocycles. The van der Waals surface area contributed by atoms with Crippen molar-refractivity contribution in [3.8, 4) is 0 Å². The lowest BCUT2D eigenvalue weighted by atomic mass is 10.1. The van der Waals surface area contributed by atoms with Crippen molar-refractivity contribution in [1.82, 2.24) is 15.1 Å². The van der Waals surface area contributed by atoms with Gasteiger partial charge in [-0.05, 0) is 24.7 Å². The molecule has 1 atom stereocenters. The Hall–Kier alpha value is -1.63. The summed E-state index contributed by atoms with van der Waals surface area (Å²) in [5.74, 6) is -2.54. The second kappa shape index (κ2) is 7.96. The molecule has 1 saturated heterocycles. The fraction of sp³-hybridized carbons (Fsp3) is 0.438. The zero-order valence-electron chi connectivity index (χ0n) is 13.5. The predicted octanol–water partition coefficient (Wildman–Crippen LogP) is 1.20. The maximum atomic E-state index is 12.5. The van der Waals surface area contributed by atoms with Gasteiger partial charge in [0.1, 0.15) is 5.92 Å². The maximum Gasteiger partial charge on any atom is 0.290 e. The molecule has 0 radical (unpaired) electrons. The largest absolute Gasteiger partial charge is 0.341 e. The Kier molecular flexibility index (Phi) is 6.21. The first kappa shape index (κ1) is 18.7. The molecule has 1 heterocycles. The Balaban J connectivity index is 2.03. The number of nitrogens with one attached hydrogen (secondary N) is 1. The minimum Gasteiger partial charge on any atom is -0.341 e. The van der Waals surface area contributed by atoms with Crippen LogP contribution in [0.2, 0.25) is 10.0 Å². The average molecular weight is 372 g/mol. The van der Waals surface area contributed by atoms with Gasteiger partial charge in [0.15, 0.2) is 0 Å². The highest BCUT2D eigenvalue weighted by Crippen LogP contribution is 2.24. The second-order valence-corrected chi connectivity index (χ2v) is 6.53. The summed E-state index contributed by atoms with van der Waals surface area (Å²) in [4.78, 5) is 39.4. The Morgan fingerprint density at radius 2 is 2.04 bits per heavy atom. The van der Waals surface area contributed by atoms with Crippen LogP contribution in [-0.2, 0) is 20.9 Å². The average Bonchev–Trinajstić information content (AvgIpc) is 2.83. The quantitative estimate of drug-likeness (QED) is 0.602. The molecule has 1 unspecified atom stereocenters. The smallest absolute Gasteiger partial charge is 0.290 e. The van der Waals surface area contributed by atoms with Crippen LogP contribution in [0.4, 0.5) is 0 Å². The van der Waals surface area contributed by atoms with E-state index in [0.717, 1.165) is 5.56 Å². The van der Waals surface area contributed by atoms with Gasteiger partial charge in [-0.25, -0.2) is 0 Å². The van der Waals surface area contributed by atoms with E-state index < -0.39 is 17.6 Å². The number of likely N-dealkylation sites (N-methyl/N-ethyl adjacent to an activating group) is 1. The summed E-state index contributed by atoms with van der Waals surface area (Å²) in [6.45, 7) is 1.38. The Morgan fingerprint density at radius 3 is 2.67 bits per heavy atom. The van der Waals surface area contributed by atoms with E-state index in [1.165, 1.54) is 9.80 Å². The summed E-state index contributed by atoms with van der Waals surface area (Å²) < 4.78 is 0. The molecule has 1 aromatic carbocycles. The minimum absolute atomic E-state index is 0.129. The van der Waals surface area contributed by atoms with E-state index in [-0.39, 0.29) is 19.0 Å². The van der Waals surface area contributed by atoms with Gasteiger partial charge in [-0.3, -0.25) is 14.4 Å². The number of hydrogen-bond donors (Lipinski definition) is 1. The van der Waals surface area contributed by atoms with Crippen molar-refractivity contribution >= 4 is 40.8 Å². The molecule has 0 spiro atoms. The van der Waals surface area contributed by atoms with Crippen molar-refractivity contribution in [3.63, 3.8) is 0 Å². The Labute approximate surface area is 150 Å². The lowest BCUT2D eigenvalue weighted by Crippen LogP contribution is -2.37. The normalized spacial score (nSPS) is 17.5. The van der Waals surface area contributed by atoms with E-state index in [2.05, 4.69) is 5.32 Å². The van der Waals surface area contributed by atoms with Crippen molar-refractivity contribution < 1.29 is 14.4 Å². The highest BCUT2D eigenvalue weighted by Gasteiger charge is 2.43. The molecule has 2 amide bonds. The third-order valence-corrected chi connectivity index (χ3v) is 4.67. The van der Waals surface area contributed by atoms with Crippen LogP contribution in [0.1, 0.15) is 5.56 Å². The molecule has 24 heavy (non-hydrogen) atoms. The number of halogens is 2. The van der Waals surface area contributed by atoms with Gasteiger partial charge in [-0.1, -0.05) is 29.3 Å². The number of rotatable bonds is 6. The van der Waals surface area contributed by atoms with E-state index in [4.69, 9.17) is 23.2 Å². The number of amides is 2. The van der Waals surface area contributed by atoms with Gasteiger partial charge >= 0.3 is 0 Å². The van der Waals surface area contributed by atoms with Crippen molar-refractivity contribution in [1.29, 1.82) is 0 Å². The molecule has 0 saturated carbocycles. The zero-order valence-corrected chi connectivity index (χ0v) is 15.0. The number of carbonyl (C=O) groups excluding carboxylic acids is 3. The summed E-state index contributed by atoms with van der Waals surface area (Å²) in [5.41, 5.74) is 0.795. The van der Waals surface area contributed by atoms with E-state index >= 15 is 0 Å². The minimum atomic E-state index is -0.942. The molecule has 130 valence electrons. The van der Waals surface area contributed by atoms with E-state index in [1.807, 2.05) is 0 Å². The van der Waals surface area contributed by atoms with Crippen LogP contribution in [-0.4, -0.2) is 61.1 Å². The first-order chi connectivity index (χ1) is 11.3. The van der Waals surface area contributed by atoms with Crippen molar-refractivity contribution in [2.24, 2.45) is 5.92 Å². The number of nitrogens with zero attached hydrogens (tertiary/aromatic N) is 2. The van der Waals surface area contributed by atoms with Gasteiger partial charge in [-0.15, -0.1) is 0 Å². The predicted molar refractivity (Wildman–Crippen MR) is 91.9 cm³/mol. The fourth-order valence-corrected chi connectivity index (χ4v) is 2.90. The molecule has 8 heteroatoms.